The Morgan fingerprint density at radius 1 is 1.13 bits per heavy atom. The molecule has 0 spiro atoms. The van der Waals surface area contributed by atoms with Crippen LogP contribution in [-0.4, -0.2) is 16.1 Å². The number of hydrogen-bond donors (Lipinski definition) is 1. The van der Waals surface area contributed by atoms with E-state index in [-0.39, 0.29) is 0 Å². The first kappa shape index (κ1) is 21.7. The molecule has 0 amide bonds. The number of carboxylic acids is 1. The van der Waals surface area contributed by atoms with Crippen molar-refractivity contribution in [2.24, 2.45) is 0 Å². The van der Waals surface area contributed by atoms with Gasteiger partial charge in [0.25, 0.3) is 0 Å². The molecule has 7 heteroatoms. The molecule has 0 saturated heterocycles. The van der Waals surface area contributed by atoms with E-state index in [2.05, 4.69) is 4.98 Å². The van der Waals surface area contributed by atoms with Gasteiger partial charge in [0, 0.05) is 22.7 Å². The summed E-state index contributed by atoms with van der Waals surface area (Å²) < 4.78 is 11.6. The third kappa shape index (κ3) is 5.53. The molecule has 0 radical (unpaired) electrons. The van der Waals surface area contributed by atoms with Crippen molar-refractivity contribution < 1.29 is 19.4 Å². The maximum Gasteiger partial charge on any atom is 0.328 e. The van der Waals surface area contributed by atoms with E-state index in [4.69, 9.17) is 37.8 Å². The van der Waals surface area contributed by atoms with E-state index in [0.29, 0.717) is 45.2 Å². The SMILES string of the molecule is C/C(=C\C(=O)O)c1cc(C)c(Oc2ccc(OCc3ccccc3Cl)cn2)c(Cl)c1. The van der Waals surface area contributed by atoms with Crippen LogP contribution in [0, 0.1) is 6.92 Å². The zero-order valence-electron chi connectivity index (χ0n) is 16.4. The highest BCUT2D eigenvalue weighted by Gasteiger charge is 2.12. The number of aromatic nitrogens is 1. The van der Waals surface area contributed by atoms with Gasteiger partial charge in [-0.2, -0.15) is 0 Å². The Labute approximate surface area is 184 Å². The zero-order chi connectivity index (χ0) is 21.7. The van der Waals surface area contributed by atoms with Crippen LogP contribution < -0.4 is 9.47 Å². The number of rotatable bonds is 7. The van der Waals surface area contributed by atoms with Crippen LogP contribution in [0.3, 0.4) is 0 Å². The molecule has 3 aromatic rings. The van der Waals surface area contributed by atoms with Gasteiger partial charge in [-0.25, -0.2) is 9.78 Å². The third-order valence-electron chi connectivity index (χ3n) is 4.29. The quantitative estimate of drug-likeness (QED) is 0.418. The van der Waals surface area contributed by atoms with Gasteiger partial charge in [-0.3, -0.25) is 0 Å². The highest BCUT2D eigenvalue weighted by molar-refractivity contribution is 6.32. The lowest BCUT2D eigenvalue weighted by Gasteiger charge is -2.13. The number of pyridine rings is 1. The minimum absolute atomic E-state index is 0.331. The fourth-order valence-corrected chi connectivity index (χ4v) is 3.25. The van der Waals surface area contributed by atoms with Gasteiger partial charge in [-0.1, -0.05) is 41.4 Å². The Balaban J connectivity index is 1.71. The maximum atomic E-state index is 10.9. The van der Waals surface area contributed by atoms with Crippen LogP contribution in [0.2, 0.25) is 10.0 Å². The van der Waals surface area contributed by atoms with Crippen LogP contribution >= 0.6 is 23.2 Å². The number of carboxylic acid groups (broad SMARTS) is 1. The van der Waals surface area contributed by atoms with Crippen molar-refractivity contribution in [3.05, 3.63) is 87.5 Å². The Morgan fingerprint density at radius 2 is 1.90 bits per heavy atom. The highest BCUT2D eigenvalue weighted by Crippen LogP contribution is 2.35. The minimum Gasteiger partial charge on any atom is -0.487 e. The maximum absolute atomic E-state index is 10.9. The number of carbonyl (C=O) groups is 1. The number of aliphatic carboxylic acids is 1. The Hall–Kier alpha value is -3.02. The minimum atomic E-state index is -1.01. The largest absolute Gasteiger partial charge is 0.487 e. The lowest BCUT2D eigenvalue weighted by Crippen LogP contribution is -1.97. The monoisotopic (exact) mass is 443 g/mol. The van der Waals surface area contributed by atoms with Crippen molar-refractivity contribution in [3.63, 3.8) is 0 Å². The standard InChI is InChI=1S/C23H19Cl2NO4/c1-14(10-22(27)28)17-9-15(2)23(20(25)11-17)30-21-8-7-18(12-26-21)29-13-16-5-3-4-6-19(16)24/h3-12H,13H2,1-2H3,(H,27,28)/b14-10+. The van der Waals surface area contributed by atoms with Gasteiger partial charge in [-0.05, 0) is 54.8 Å². The molecule has 0 unspecified atom stereocenters. The van der Waals surface area contributed by atoms with Crippen LogP contribution in [0.1, 0.15) is 23.6 Å². The Bertz CT molecular complexity index is 1070. The first-order valence-corrected chi connectivity index (χ1v) is 9.81. The van der Waals surface area contributed by atoms with Gasteiger partial charge in [0.15, 0.2) is 5.75 Å². The number of allylic oxidation sites excluding steroid dienone is 1. The smallest absolute Gasteiger partial charge is 0.328 e. The number of aryl methyl sites for hydroxylation is 1. The predicted octanol–water partition coefficient (Wildman–Crippen LogP) is 6.56. The summed E-state index contributed by atoms with van der Waals surface area (Å²) in [6.45, 7) is 3.87. The van der Waals surface area contributed by atoms with Gasteiger partial charge in [0.05, 0.1) is 11.2 Å². The van der Waals surface area contributed by atoms with Crippen molar-refractivity contribution in [1.29, 1.82) is 0 Å². The van der Waals surface area contributed by atoms with E-state index in [1.165, 1.54) is 0 Å². The molecule has 5 nitrogen and oxygen atoms in total. The summed E-state index contributed by atoms with van der Waals surface area (Å²) in [5, 5.41) is 9.92. The number of hydrogen-bond acceptors (Lipinski definition) is 4. The van der Waals surface area contributed by atoms with Crippen molar-refractivity contribution >= 4 is 34.7 Å². The summed E-state index contributed by atoms with van der Waals surface area (Å²) >= 11 is 12.5. The second-order valence-corrected chi connectivity index (χ2v) is 7.40. The molecular weight excluding hydrogens is 425 g/mol. The van der Waals surface area contributed by atoms with Crippen LogP contribution in [0.5, 0.6) is 17.4 Å². The molecule has 1 N–H and O–H groups in total. The predicted molar refractivity (Wildman–Crippen MR) is 118 cm³/mol. The Morgan fingerprint density at radius 3 is 2.53 bits per heavy atom. The Kier molecular flexibility index (Phi) is 6.98. The fourth-order valence-electron chi connectivity index (χ4n) is 2.75. The zero-order valence-corrected chi connectivity index (χ0v) is 17.9. The second-order valence-electron chi connectivity index (χ2n) is 6.58. The van der Waals surface area contributed by atoms with Crippen LogP contribution in [0.15, 0.2) is 60.8 Å². The van der Waals surface area contributed by atoms with Crippen LogP contribution in [-0.2, 0) is 11.4 Å². The summed E-state index contributed by atoms with van der Waals surface area (Å²) in [6.07, 6.45) is 2.69. The first-order chi connectivity index (χ1) is 14.3. The summed E-state index contributed by atoms with van der Waals surface area (Å²) in [5.41, 5.74) is 2.95. The lowest BCUT2D eigenvalue weighted by atomic mass is 10.0. The van der Waals surface area contributed by atoms with Crippen molar-refractivity contribution in [3.8, 4) is 17.4 Å². The number of ether oxygens (including phenoxy) is 2. The molecule has 0 aliphatic heterocycles. The molecule has 2 aromatic carbocycles. The van der Waals surface area contributed by atoms with Crippen LogP contribution in [0.25, 0.3) is 5.57 Å². The molecule has 1 aromatic heterocycles. The molecule has 30 heavy (non-hydrogen) atoms. The van der Waals surface area contributed by atoms with E-state index >= 15 is 0 Å². The van der Waals surface area contributed by atoms with E-state index in [1.54, 1.807) is 31.3 Å². The van der Waals surface area contributed by atoms with Crippen LogP contribution in [0.4, 0.5) is 0 Å². The topological polar surface area (TPSA) is 68.7 Å². The number of benzene rings is 2. The van der Waals surface area contributed by atoms with Crippen molar-refractivity contribution in [2.45, 2.75) is 20.5 Å². The van der Waals surface area contributed by atoms with E-state index in [0.717, 1.165) is 17.2 Å². The molecular formula is C23H19Cl2NO4. The summed E-state index contributed by atoms with van der Waals surface area (Å²) in [4.78, 5) is 15.1. The summed E-state index contributed by atoms with van der Waals surface area (Å²) in [5.74, 6) is 0.383. The molecule has 0 bridgehead atoms. The number of halogens is 2. The summed E-state index contributed by atoms with van der Waals surface area (Å²) in [7, 11) is 0. The lowest BCUT2D eigenvalue weighted by molar-refractivity contribution is -0.131. The van der Waals surface area contributed by atoms with Gasteiger partial charge in [0.2, 0.25) is 5.88 Å². The third-order valence-corrected chi connectivity index (χ3v) is 4.94. The molecule has 0 aliphatic rings. The average Bonchev–Trinajstić information content (AvgIpc) is 2.70. The molecule has 154 valence electrons. The second kappa shape index (κ2) is 9.65. The van der Waals surface area contributed by atoms with E-state index < -0.39 is 5.97 Å². The van der Waals surface area contributed by atoms with Crippen molar-refractivity contribution in [1.82, 2.24) is 4.98 Å². The first-order valence-electron chi connectivity index (χ1n) is 9.05. The summed E-state index contributed by atoms with van der Waals surface area (Å²) in [6, 6.07) is 14.4. The normalized spacial score (nSPS) is 11.3. The van der Waals surface area contributed by atoms with E-state index in [1.807, 2.05) is 37.3 Å². The molecule has 1 heterocycles. The van der Waals surface area contributed by atoms with E-state index in [9.17, 15) is 4.79 Å². The fraction of sp³-hybridized carbons (Fsp3) is 0.130. The van der Waals surface area contributed by atoms with Gasteiger partial charge < -0.3 is 14.6 Å². The molecule has 3 rings (SSSR count). The molecule has 0 fully saturated rings. The van der Waals surface area contributed by atoms with Gasteiger partial charge in [0.1, 0.15) is 12.4 Å². The molecule has 0 atom stereocenters. The molecule has 0 aliphatic carbocycles. The van der Waals surface area contributed by atoms with Gasteiger partial charge >= 0.3 is 5.97 Å². The average molecular weight is 444 g/mol. The van der Waals surface area contributed by atoms with Gasteiger partial charge in [-0.15, -0.1) is 0 Å². The molecule has 0 saturated carbocycles. The number of nitrogens with zero attached hydrogens (tertiary/aromatic N) is 1. The van der Waals surface area contributed by atoms with Crippen molar-refractivity contribution in [2.75, 3.05) is 0 Å². The highest BCUT2D eigenvalue weighted by atomic mass is 35.5.